The minimum Gasteiger partial charge on any atom is -0.458 e. The normalized spacial score (nSPS) is 19.7. The van der Waals surface area contributed by atoms with Crippen LogP contribution in [-0.4, -0.2) is 57.9 Å². The molecule has 1 aliphatic heterocycles. The van der Waals surface area contributed by atoms with Gasteiger partial charge in [0.2, 0.25) is 11.6 Å². The third kappa shape index (κ3) is 6.80. The Morgan fingerprint density at radius 2 is 1.52 bits per heavy atom. The number of ether oxygens (including phenoxy) is 2. The minimum atomic E-state index is -2.10. The fourth-order valence-electron chi connectivity index (χ4n) is 3.23. The maximum absolute atomic E-state index is 13.1. The molecule has 0 radical (unpaired) electrons. The molecular weight excluding hydrogens is 376 g/mol. The van der Waals surface area contributed by atoms with Crippen LogP contribution in [0.2, 0.25) is 0 Å². The number of nitrogens with zero attached hydrogens (tertiary/aromatic N) is 1. The third-order valence-corrected chi connectivity index (χ3v) is 4.31. The summed E-state index contributed by atoms with van der Waals surface area (Å²) in [4.78, 5) is 52.6. The lowest BCUT2D eigenvalue weighted by molar-refractivity contribution is -0.166. The average Bonchev–Trinajstić information content (AvgIpc) is 2.98. The first-order valence-electron chi connectivity index (χ1n) is 10.1. The van der Waals surface area contributed by atoms with E-state index in [1.165, 1.54) is 4.90 Å². The quantitative estimate of drug-likeness (QED) is 0.405. The number of nitrogens with two attached hydrogens (primary N) is 1. The van der Waals surface area contributed by atoms with Gasteiger partial charge < -0.3 is 15.2 Å². The number of Topliss-reactive ketones (excluding diaryl/α,β-unsaturated/α-hetero) is 2. The summed E-state index contributed by atoms with van der Waals surface area (Å²) in [5.41, 5.74) is 2.51. The van der Waals surface area contributed by atoms with E-state index in [0.717, 1.165) is 0 Å². The highest BCUT2D eigenvalue weighted by Gasteiger charge is 2.51. The number of hydrogen-bond donors (Lipinski definition) is 1. The van der Waals surface area contributed by atoms with Crippen molar-refractivity contribution < 1.29 is 28.7 Å². The van der Waals surface area contributed by atoms with Crippen LogP contribution >= 0.6 is 0 Å². The zero-order valence-corrected chi connectivity index (χ0v) is 19.0. The second-order valence-corrected chi connectivity index (χ2v) is 10.1. The zero-order chi connectivity index (χ0) is 22.8. The smallest absolute Gasteiger partial charge is 0.410 e. The molecule has 29 heavy (non-hydrogen) atoms. The molecule has 0 aromatic rings. The van der Waals surface area contributed by atoms with Gasteiger partial charge in [-0.3, -0.25) is 14.5 Å². The van der Waals surface area contributed by atoms with Crippen LogP contribution in [0.1, 0.15) is 74.7 Å². The van der Waals surface area contributed by atoms with Crippen LogP contribution in [-0.2, 0) is 23.9 Å². The van der Waals surface area contributed by atoms with Gasteiger partial charge in [-0.2, -0.15) is 0 Å². The van der Waals surface area contributed by atoms with Gasteiger partial charge in [-0.15, -0.1) is 0 Å². The van der Waals surface area contributed by atoms with Crippen molar-refractivity contribution in [1.82, 2.24) is 4.90 Å². The summed E-state index contributed by atoms with van der Waals surface area (Å²) in [5.74, 6) is -2.95. The van der Waals surface area contributed by atoms with Crippen LogP contribution in [0.3, 0.4) is 0 Å². The van der Waals surface area contributed by atoms with Crippen LogP contribution in [0.15, 0.2) is 0 Å². The van der Waals surface area contributed by atoms with Crippen LogP contribution in [0.25, 0.3) is 0 Å². The lowest BCUT2D eigenvalue weighted by Crippen LogP contribution is -2.62. The van der Waals surface area contributed by atoms with Crippen molar-refractivity contribution in [1.29, 1.82) is 0 Å². The lowest BCUT2D eigenvalue weighted by atomic mass is 9.82. The largest absolute Gasteiger partial charge is 0.458 e. The van der Waals surface area contributed by atoms with Gasteiger partial charge in [-0.1, -0.05) is 13.8 Å². The first-order valence-corrected chi connectivity index (χ1v) is 10.1. The number of carbonyl (C=O) groups is 4. The summed E-state index contributed by atoms with van der Waals surface area (Å²) in [7, 11) is 0. The van der Waals surface area contributed by atoms with Gasteiger partial charge in [0, 0.05) is 6.54 Å². The standard InChI is InChI=1S/C21H36N2O6/c1-13(2)12-21(22,17(26)28-19(3,4)5)16(25)15(24)14-10-9-11-23(14)18(27)29-20(6,7)8/h13-14H,9-12,22H2,1-8H3/t14?,21-/m0/s1. The highest BCUT2D eigenvalue weighted by Crippen LogP contribution is 2.26. The van der Waals surface area contributed by atoms with Crippen molar-refractivity contribution in [2.24, 2.45) is 11.7 Å². The number of amides is 1. The van der Waals surface area contributed by atoms with Crippen LogP contribution in [0.5, 0.6) is 0 Å². The molecular formula is C21H36N2O6. The first kappa shape index (κ1) is 25.1. The van der Waals surface area contributed by atoms with E-state index >= 15 is 0 Å². The summed E-state index contributed by atoms with van der Waals surface area (Å²) < 4.78 is 10.7. The summed E-state index contributed by atoms with van der Waals surface area (Å²) in [5, 5.41) is 0. The summed E-state index contributed by atoms with van der Waals surface area (Å²) in [6.07, 6.45) is 0.170. The Kier molecular flexibility index (Phi) is 7.62. The Balaban J connectivity index is 3.13. The number of ketones is 2. The molecule has 1 aliphatic rings. The predicted molar refractivity (Wildman–Crippen MR) is 108 cm³/mol. The van der Waals surface area contributed by atoms with E-state index < -0.39 is 46.4 Å². The first-order chi connectivity index (χ1) is 13.0. The molecule has 0 aliphatic carbocycles. The van der Waals surface area contributed by atoms with Crippen molar-refractivity contribution in [2.45, 2.75) is 97.4 Å². The Morgan fingerprint density at radius 3 is 1.97 bits per heavy atom. The van der Waals surface area contributed by atoms with Gasteiger partial charge in [0.1, 0.15) is 17.2 Å². The molecule has 1 amide bonds. The molecule has 0 spiro atoms. The molecule has 8 nitrogen and oxygen atoms in total. The number of carbonyl (C=O) groups excluding carboxylic acids is 4. The topological polar surface area (TPSA) is 116 Å². The molecule has 1 unspecified atom stereocenters. The number of esters is 1. The molecule has 0 aromatic heterocycles. The molecule has 0 bridgehead atoms. The molecule has 0 saturated carbocycles. The zero-order valence-electron chi connectivity index (χ0n) is 19.0. The highest BCUT2D eigenvalue weighted by molar-refractivity contribution is 6.46. The van der Waals surface area contributed by atoms with Gasteiger partial charge in [0.05, 0.1) is 0 Å². The van der Waals surface area contributed by atoms with E-state index in [9.17, 15) is 19.2 Å². The van der Waals surface area contributed by atoms with Gasteiger partial charge in [0.15, 0.2) is 5.54 Å². The van der Waals surface area contributed by atoms with Crippen molar-refractivity contribution in [3.05, 3.63) is 0 Å². The Morgan fingerprint density at radius 1 is 1.00 bits per heavy atom. The maximum Gasteiger partial charge on any atom is 0.410 e. The van der Waals surface area contributed by atoms with E-state index in [-0.39, 0.29) is 12.3 Å². The highest BCUT2D eigenvalue weighted by atomic mass is 16.6. The molecule has 1 fully saturated rings. The fraction of sp³-hybridized carbons (Fsp3) is 0.810. The molecule has 2 atom stereocenters. The summed E-state index contributed by atoms with van der Waals surface area (Å²) >= 11 is 0. The molecule has 0 aromatic carbocycles. The number of likely N-dealkylation sites (tertiary alicyclic amines) is 1. The monoisotopic (exact) mass is 412 g/mol. The number of hydrogen-bond acceptors (Lipinski definition) is 7. The molecule has 1 heterocycles. The molecule has 8 heteroatoms. The van der Waals surface area contributed by atoms with E-state index in [4.69, 9.17) is 15.2 Å². The van der Waals surface area contributed by atoms with Gasteiger partial charge in [-0.05, 0) is 66.7 Å². The maximum atomic E-state index is 13.1. The second-order valence-electron chi connectivity index (χ2n) is 10.1. The lowest BCUT2D eigenvalue weighted by Gasteiger charge is -2.32. The van der Waals surface area contributed by atoms with E-state index in [1.54, 1.807) is 55.4 Å². The Labute approximate surface area is 173 Å². The number of rotatable bonds is 6. The Bertz CT molecular complexity index is 659. The van der Waals surface area contributed by atoms with Gasteiger partial charge >= 0.3 is 12.1 Å². The predicted octanol–water partition coefficient (Wildman–Crippen LogP) is 2.61. The van der Waals surface area contributed by atoms with Crippen molar-refractivity contribution in [3.63, 3.8) is 0 Å². The van der Waals surface area contributed by atoms with Crippen LogP contribution in [0, 0.1) is 5.92 Å². The molecule has 166 valence electrons. The second kappa shape index (κ2) is 8.81. The molecule has 1 rings (SSSR count). The summed E-state index contributed by atoms with van der Waals surface area (Å²) in [6.45, 7) is 14.0. The summed E-state index contributed by atoms with van der Waals surface area (Å²) in [6, 6.07) is -0.991. The fourth-order valence-corrected chi connectivity index (χ4v) is 3.23. The minimum absolute atomic E-state index is 0.0361. The van der Waals surface area contributed by atoms with E-state index in [0.29, 0.717) is 19.4 Å². The van der Waals surface area contributed by atoms with E-state index in [2.05, 4.69) is 0 Å². The van der Waals surface area contributed by atoms with Crippen LogP contribution in [0.4, 0.5) is 4.79 Å². The van der Waals surface area contributed by atoms with Crippen LogP contribution < -0.4 is 5.73 Å². The van der Waals surface area contributed by atoms with Crippen molar-refractivity contribution in [2.75, 3.05) is 6.54 Å². The van der Waals surface area contributed by atoms with Gasteiger partial charge in [0.25, 0.3) is 0 Å². The van der Waals surface area contributed by atoms with Crippen molar-refractivity contribution >= 4 is 23.6 Å². The third-order valence-electron chi connectivity index (χ3n) is 4.31. The SMILES string of the molecule is CC(C)C[C@@](N)(C(=O)OC(C)(C)C)C(=O)C(=O)C1CCCN1C(=O)OC(C)(C)C. The van der Waals surface area contributed by atoms with Gasteiger partial charge in [-0.25, -0.2) is 9.59 Å². The molecule has 1 saturated heterocycles. The molecule has 2 N–H and O–H groups in total. The van der Waals surface area contributed by atoms with Crippen molar-refractivity contribution in [3.8, 4) is 0 Å². The Hall–Kier alpha value is -1.96. The van der Waals surface area contributed by atoms with E-state index in [1.807, 2.05) is 0 Å². The average molecular weight is 413 g/mol.